The topological polar surface area (TPSA) is 228 Å². The molecule has 348 valence electrons. The number of nitrogens with one attached hydrogen (secondary N) is 1. The van der Waals surface area contributed by atoms with Gasteiger partial charge >= 0.3 is 0 Å². The molecule has 0 aliphatic carbocycles. The van der Waals surface area contributed by atoms with Crippen LogP contribution in [0.15, 0.2) is 48.6 Å². The van der Waals surface area contributed by atoms with Crippen LogP contribution in [0.2, 0.25) is 0 Å². The highest BCUT2D eigenvalue weighted by Gasteiger charge is 2.51. The zero-order valence-corrected chi connectivity index (χ0v) is 36.4. The molecule has 0 bridgehead atoms. The molecule has 14 heteroatoms. The van der Waals surface area contributed by atoms with Crippen LogP contribution in [-0.2, 0) is 23.7 Å². The van der Waals surface area contributed by atoms with Crippen LogP contribution in [0.25, 0.3) is 0 Å². The Hall–Kier alpha value is -2.05. The first-order valence-electron chi connectivity index (χ1n) is 22.9. The summed E-state index contributed by atoms with van der Waals surface area (Å²) < 4.78 is 22.6. The standard InChI is InChI=1S/C46H81NO13/c1-3-5-7-9-11-12-13-14-15-16-17-18-19-20-21-22-24-26-28-30-38(51)47-34(35(50)29-27-25-23-10-8-6-4-2)33-57-45-43(56)41(54)44(37(32-49)59-45)60-46-42(55)40(53)39(52)36(31-48)58-46/h5,7,11-12,14-15,17-18,34-37,39-46,48-50,52-56H,3-4,6,8-10,13,16,19-33H2,1-2H3,(H,47,51)/b7-5-,12-11-,15-14-,18-17-. The van der Waals surface area contributed by atoms with Crippen molar-refractivity contribution in [2.24, 2.45) is 0 Å². The number of hydrogen-bond donors (Lipinski definition) is 9. The number of aliphatic hydroxyl groups is 8. The Kier molecular flexibility index (Phi) is 30.2. The molecule has 2 saturated heterocycles. The molecule has 60 heavy (non-hydrogen) atoms. The average molecular weight is 856 g/mol. The maximum atomic E-state index is 13.1. The van der Waals surface area contributed by atoms with Crippen LogP contribution in [0.1, 0.15) is 142 Å². The lowest BCUT2D eigenvalue weighted by Crippen LogP contribution is -2.65. The van der Waals surface area contributed by atoms with E-state index < -0.39 is 86.8 Å². The van der Waals surface area contributed by atoms with Crippen LogP contribution in [-0.4, -0.2) is 140 Å². The van der Waals surface area contributed by atoms with E-state index in [0.29, 0.717) is 12.8 Å². The number of amides is 1. The smallest absolute Gasteiger partial charge is 0.220 e. The Morgan fingerprint density at radius 3 is 1.77 bits per heavy atom. The molecule has 0 aromatic heterocycles. The summed E-state index contributed by atoms with van der Waals surface area (Å²) in [5.74, 6) is -0.229. The highest BCUT2D eigenvalue weighted by molar-refractivity contribution is 5.76. The zero-order valence-electron chi connectivity index (χ0n) is 36.4. The number of unbranched alkanes of at least 4 members (excludes halogenated alkanes) is 12. The third-order valence-electron chi connectivity index (χ3n) is 11.1. The molecule has 9 N–H and O–H groups in total. The van der Waals surface area contributed by atoms with Gasteiger partial charge in [0.2, 0.25) is 5.91 Å². The average Bonchev–Trinajstić information content (AvgIpc) is 3.24. The predicted octanol–water partition coefficient (Wildman–Crippen LogP) is 4.54. The fourth-order valence-electron chi connectivity index (χ4n) is 7.28. The van der Waals surface area contributed by atoms with Gasteiger partial charge in [-0.2, -0.15) is 0 Å². The van der Waals surface area contributed by atoms with Gasteiger partial charge in [0.15, 0.2) is 12.6 Å². The molecule has 2 aliphatic rings. The van der Waals surface area contributed by atoms with Crippen molar-refractivity contribution in [2.45, 2.75) is 216 Å². The molecule has 0 aromatic rings. The maximum Gasteiger partial charge on any atom is 0.220 e. The first kappa shape index (κ1) is 54.1. The SMILES string of the molecule is CC/C=C\C/C=C\C/C=C\C/C=C\CCCCCCCCC(=O)NC(COC1OC(CO)C(OC2OC(CO)C(O)C(O)C2O)C(O)C1O)C(O)CCCCCCCCC. The second-order valence-corrected chi connectivity index (χ2v) is 16.2. The highest BCUT2D eigenvalue weighted by Crippen LogP contribution is 2.30. The lowest BCUT2D eigenvalue weighted by molar-refractivity contribution is -0.359. The van der Waals surface area contributed by atoms with Crippen LogP contribution < -0.4 is 5.32 Å². The minimum absolute atomic E-state index is 0.229. The van der Waals surface area contributed by atoms with Gasteiger partial charge < -0.3 is 65.1 Å². The number of ether oxygens (including phenoxy) is 4. The van der Waals surface area contributed by atoms with Crippen molar-refractivity contribution in [2.75, 3.05) is 19.8 Å². The Labute approximate surface area is 359 Å². The van der Waals surface area contributed by atoms with E-state index in [1.807, 2.05) is 0 Å². The van der Waals surface area contributed by atoms with E-state index in [-0.39, 0.29) is 18.9 Å². The van der Waals surface area contributed by atoms with Gasteiger partial charge in [-0.05, 0) is 51.4 Å². The molecule has 14 nitrogen and oxygen atoms in total. The number of hydrogen-bond acceptors (Lipinski definition) is 13. The number of carbonyl (C=O) groups is 1. The molecule has 12 atom stereocenters. The van der Waals surface area contributed by atoms with E-state index in [4.69, 9.17) is 18.9 Å². The molecule has 0 saturated carbocycles. The molecule has 2 heterocycles. The van der Waals surface area contributed by atoms with E-state index in [2.05, 4.69) is 67.8 Å². The summed E-state index contributed by atoms with van der Waals surface area (Å²) in [6.07, 6.45) is 20.0. The lowest BCUT2D eigenvalue weighted by atomic mass is 9.97. The molecule has 0 aromatic carbocycles. The van der Waals surface area contributed by atoms with Gasteiger partial charge in [0.1, 0.15) is 48.8 Å². The van der Waals surface area contributed by atoms with Gasteiger partial charge in [-0.25, -0.2) is 0 Å². The van der Waals surface area contributed by atoms with Gasteiger partial charge in [0.25, 0.3) is 0 Å². The summed E-state index contributed by atoms with van der Waals surface area (Å²) in [6, 6.07) is -0.834. The Morgan fingerprint density at radius 1 is 0.617 bits per heavy atom. The van der Waals surface area contributed by atoms with Gasteiger partial charge in [0, 0.05) is 6.42 Å². The highest BCUT2D eigenvalue weighted by atomic mass is 16.7. The molecule has 0 spiro atoms. The first-order chi connectivity index (χ1) is 29.1. The molecule has 2 aliphatic heterocycles. The second-order valence-electron chi connectivity index (χ2n) is 16.2. The van der Waals surface area contributed by atoms with Crippen molar-refractivity contribution in [1.29, 1.82) is 0 Å². The van der Waals surface area contributed by atoms with Crippen molar-refractivity contribution in [1.82, 2.24) is 5.32 Å². The predicted molar refractivity (Wildman–Crippen MR) is 231 cm³/mol. The summed E-state index contributed by atoms with van der Waals surface area (Å²) in [5.41, 5.74) is 0. The van der Waals surface area contributed by atoms with Crippen LogP contribution in [0.3, 0.4) is 0 Å². The molecule has 12 unspecified atom stereocenters. The van der Waals surface area contributed by atoms with Gasteiger partial charge in [-0.15, -0.1) is 0 Å². The minimum atomic E-state index is -1.78. The monoisotopic (exact) mass is 856 g/mol. The Balaban J connectivity index is 1.81. The molecule has 2 fully saturated rings. The number of rotatable bonds is 33. The molecule has 0 radical (unpaired) electrons. The van der Waals surface area contributed by atoms with Crippen molar-refractivity contribution in [3.63, 3.8) is 0 Å². The van der Waals surface area contributed by atoms with Crippen molar-refractivity contribution < 1.29 is 64.6 Å². The fourth-order valence-corrected chi connectivity index (χ4v) is 7.28. The summed E-state index contributed by atoms with van der Waals surface area (Å²) in [7, 11) is 0. The lowest BCUT2D eigenvalue weighted by Gasteiger charge is -2.46. The van der Waals surface area contributed by atoms with Crippen LogP contribution in [0.4, 0.5) is 0 Å². The Bertz CT molecular complexity index is 1200. The third kappa shape index (κ3) is 21.4. The van der Waals surface area contributed by atoms with E-state index in [9.17, 15) is 45.6 Å². The van der Waals surface area contributed by atoms with Crippen LogP contribution in [0, 0.1) is 0 Å². The normalized spacial score (nSPS) is 28.7. The van der Waals surface area contributed by atoms with Crippen LogP contribution in [0.5, 0.6) is 0 Å². The van der Waals surface area contributed by atoms with Gasteiger partial charge in [0.05, 0.1) is 32.0 Å². The van der Waals surface area contributed by atoms with E-state index in [1.165, 1.54) is 12.8 Å². The summed E-state index contributed by atoms with van der Waals surface area (Å²) in [4.78, 5) is 13.1. The van der Waals surface area contributed by atoms with Gasteiger partial charge in [-0.1, -0.05) is 133 Å². The van der Waals surface area contributed by atoms with Crippen molar-refractivity contribution in [3.05, 3.63) is 48.6 Å². The molecule has 1 amide bonds. The summed E-state index contributed by atoms with van der Waals surface area (Å²) >= 11 is 0. The number of allylic oxidation sites excluding steroid dienone is 8. The molecule has 2 rings (SSSR count). The largest absolute Gasteiger partial charge is 0.394 e. The number of carbonyl (C=O) groups excluding carboxylic acids is 1. The van der Waals surface area contributed by atoms with Gasteiger partial charge in [-0.3, -0.25) is 4.79 Å². The Morgan fingerprint density at radius 2 is 1.15 bits per heavy atom. The van der Waals surface area contributed by atoms with Crippen molar-refractivity contribution >= 4 is 5.91 Å². The van der Waals surface area contributed by atoms with E-state index in [1.54, 1.807) is 0 Å². The minimum Gasteiger partial charge on any atom is -0.394 e. The molecular formula is C46H81NO13. The number of aliphatic hydroxyl groups excluding tert-OH is 8. The molecular weight excluding hydrogens is 774 g/mol. The zero-order chi connectivity index (χ0) is 44.0. The quantitative estimate of drug-likeness (QED) is 0.0327. The fraction of sp³-hybridized carbons (Fsp3) is 0.804. The second kappa shape index (κ2) is 33.5. The summed E-state index contributed by atoms with van der Waals surface area (Å²) in [5, 5.41) is 86.4. The van der Waals surface area contributed by atoms with E-state index in [0.717, 1.165) is 96.3 Å². The summed E-state index contributed by atoms with van der Waals surface area (Å²) in [6.45, 7) is 2.64. The maximum absolute atomic E-state index is 13.1. The third-order valence-corrected chi connectivity index (χ3v) is 11.1. The van der Waals surface area contributed by atoms with Crippen molar-refractivity contribution in [3.8, 4) is 0 Å². The van der Waals surface area contributed by atoms with E-state index >= 15 is 0 Å². The van der Waals surface area contributed by atoms with Crippen LogP contribution >= 0.6 is 0 Å². The first-order valence-corrected chi connectivity index (χ1v) is 22.9.